The highest BCUT2D eigenvalue weighted by Crippen LogP contribution is 2.52. The van der Waals surface area contributed by atoms with E-state index in [2.05, 4.69) is 0 Å². The van der Waals surface area contributed by atoms with Crippen LogP contribution in [0.5, 0.6) is 0 Å². The van der Waals surface area contributed by atoms with E-state index < -0.39 is 63.0 Å². The number of likely N-dealkylation sites (N-methyl/N-ethyl adjacent to an activating group) is 1. The molecule has 4 atom stereocenters. The molecule has 0 unspecified atom stereocenters. The molecule has 3 aliphatic carbocycles. The van der Waals surface area contributed by atoms with Gasteiger partial charge in [-0.3, -0.25) is 29.4 Å². The summed E-state index contributed by atoms with van der Waals surface area (Å²) in [7, 11) is 3.02. The van der Waals surface area contributed by atoms with Crippen LogP contribution in [0, 0.1) is 22.0 Å². The van der Waals surface area contributed by atoms with Gasteiger partial charge in [0.15, 0.2) is 11.4 Å². The number of nitro groups is 1. The van der Waals surface area contributed by atoms with Crippen LogP contribution in [0.1, 0.15) is 17.5 Å². The predicted molar refractivity (Wildman–Crippen MR) is 109 cm³/mol. The van der Waals surface area contributed by atoms with Crippen molar-refractivity contribution in [3.05, 3.63) is 56.3 Å². The van der Waals surface area contributed by atoms with E-state index >= 15 is 0 Å². The zero-order chi connectivity index (χ0) is 23.7. The average Bonchev–Trinajstić information content (AvgIpc) is 2.70. The second-order valence-electron chi connectivity index (χ2n) is 8.52. The molecule has 4 rings (SSSR count). The van der Waals surface area contributed by atoms with E-state index in [1.165, 1.54) is 37.2 Å². The number of aliphatic hydroxyl groups excluding tert-OH is 2. The molecular formula is C21H21N3O8. The molecular weight excluding hydrogens is 422 g/mol. The summed E-state index contributed by atoms with van der Waals surface area (Å²) in [6, 6.07) is 2.90. The van der Waals surface area contributed by atoms with Crippen LogP contribution in [0.3, 0.4) is 0 Å². The molecule has 11 heteroatoms. The Kier molecular flexibility index (Phi) is 4.72. The SMILES string of the molecule is CN(C)[C@@H]1C(=O)C(C(N)=O)=C(O)[C@@]2(O)C(=O)C3=C(O)c4cccc([N+](=O)[O-])c4C[C@H]3C[C@@H]12. The molecule has 5 N–H and O–H groups in total. The number of carbonyl (C=O) groups is 3. The van der Waals surface area contributed by atoms with Crippen LogP contribution in [-0.2, 0) is 20.8 Å². The molecule has 1 saturated carbocycles. The molecule has 0 radical (unpaired) electrons. The first-order valence-corrected chi connectivity index (χ1v) is 9.83. The molecule has 0 aromatic heterocycles. The fourth-order valence-electron chi connectivity index (χ4n) is 5.32. The van der Waals surface area contributed by atoms with Crippen LogP contribution in [0.15, 0.2) is 35.1 Å². The Hall–Kier alpha value is -3.57. The summed E-state index contributed by atoms with van der Waals surface area (Å²) in [4.78, 5) is 50.7. The third kappa shape index (κ3) is 2.64. The van der Waals surface area contributed by atoms with Crippen molar-refractivity contribution >= 4 is 28.9 Å². The molecule has 0 spiro atoms. The highest BCUT2D eigenvalue weighted by atomic mass is 16.6. The quantitative estimate of drug-likeness (QED) is 0.287. The molecule has 1 fully saturated rings. The molecule has 1 aromatic rings. The normalized spacial score (nSPS) is 29.6. The van der Waals surface area contributed by atoms with Gasteiger partial charge in [0, 0.05) is 28.7 Å². The first kappa shape index (κ1) is 21.7. The monoisotopic (exact) mass is 443 g/mol. The van der Waals surface area contributed by atoms with Crippen molar-refractivity contribution in [2.75, 3.05) is 14.1 Å². The molecule has 0 saturated heterocycles. The minimum Gasteiger partial charge on any atom is -0.508 e. The third-order valence-electron chi connectivity index (χ3n) is 6.68. The van der Waals surface area contributed by atoms with E-state index in [0.717, 1.165) is 0 Å². The van der Waals surface area contributed by atoms with Crippen molar-refractivity contribution in [2.45, 2.75) is 24.5 Å². The molecule has 0 heterocycles. The van der Waals surface area contributed by atoms with Crippen molar-refractivity contribution in [3.63, 3.8) is 0 Å². The van der Waals surface area contributed by atoms with Gasteiger partial charge >= 0.3 is 0 Å². The van der Waals surface area contributed by atoms with Gasteiger partial charge in [-0.25, -0.2) is 0 Å². The van der Waals surface area contributed by atoms with Gasteiger partial charge in [0.1, 0.15) is 17.1 Å². The Morgan fingerprint density at radius 3 is 2.50 bits per heavy atom. The number of aliphatic hydroxyl groups is 3. The number of hydrogen-bond acceptors (Lipinski definition) is 9. The lowest BCUT2D eigenvalue weighted by molar-refractivity contribution is -0.385. The number of rotatable bonds is 3. The number of fused-ring (bicyclic) bond motifs is 3. The van der Waals surface area contributed by atoms with Crippen LogP contribution < -0.4 is 5.73 Å². The molecule has 0 aliphatic heterocycles. The van der Waals surface area contributed by atoms with Crippen LogP contribution >= 0.6 is 0 Å². The molecule has 3 aliphatic rings. The number of benzene rings is 1. The van der Waals surface area contributed by atoms with Gasteiger partial charge in [0.2, 0.25) is 5.78 Å². The van der Waals surface area contributed by atoms with E-state index in [0.29, 0.717) is 0 Å². The van der Waals surface area contributed by atoms with Crippen LogP contribution in [0.4, 0.5) is 5.69 Å². The minimum atomic E-state index is -2.66. The number of amides is 1. The Morgan fingerprint density at radius 2 is 1.94 bits per heavy atom. The van der Waals surface area contributed by atoms with Crippen molar-refractivity contribution < 1.29 is 34.6 Å². The number of primary amides is 1. The van der Waals surface area contributed by atoms with Crippen LogP contribution in [-0.4, -0.2) is 68.4 Å². The number of nitro benzene ring substituents is 1. The Bertz CT molecular complexity index is 1170. The Balaban J connectivity index is 1.97. The minimum absolute atomic E-state index is 0.0195. The fraction of sp³-hybridized carbons (Fsp3) is 0.381. The second-order valence-corrected chi connectivity index (χ2v) is 8.52. The highest BCUT2D eigenvalue weighted by molar-refractivity contribution is 6.24. The van der Waals surface area contributed by atoms with Crippen LogP contribution in [0.25, 0.3) is 5.76 Å². The number of nitrogens with two attached hydrogens (primary N) is 1. The summed E-state index contributed by atoms with van der Waals surface area (Å²) >= 11 is 0. The molecule has 1 amide bonds. The summed E-state index contributed by atoms with van der Waals surface area (Å²) in [5.74, 6) is -6.78. The smallest absolute Gasteiger partial charge is 0.273 e. The average molecular weight is 443 g/mol. The van der Waals surface area contributed by atoms with Gasteiger partial charge in [-0.05, 0) is 32.9 Å². The van der Waals surface area contributed by atoms with Crippen molar-refractivity contribution in [3.8, 4) is 0 Å². The zero-order valence-electron chi connectivity index (χ0n) is 17.2. The number of ketones is 2. The fourth-order valence-corrected chi connectivity index (χ4v) is 5.32. The maximum Gasteiger partial charge on any atom is 0.273 e. The zero-order valence-corrected chi connectivity index (χ0v) is 17.2. The summed E-state index contributed by atoms with van der Waals surface area (Å²) < 4.78 is 0. The standard InChI is InChI=1S/C21H21N3O8/c1-23(2)15-11-7-8-6-10-9(4-3-5-12(10)24(31)32)16(25)13(8)18(27)21(11,30)19(28)14(17(15)26)20(22)29/h3-5,8,11,15,25,28,30H,6-7H2,1-2H3,(H2,22,29)/t8-,11-,15-,21-/m0/s1. The summed E-state index contributed by atoms with van der Waals surface area (Å²) in [5.41, 5.74) is 1.63. The molecule has 32 heavy (non-hydrogen) atoms. The maximum absolute atomic E-state index is 13.5. The lowest BCUT2D eigenvalue weighted by Gasteiger charge is -2.50. The van der Waals surface area contributed by atoms with E-state index in [-0.39, 0.29) is 35.2 Å². The number of hydrogen-bond donors (Lipinski definition) is 4. The van der Waals surface area contributed by atoms with Crippen molar-refractivity contribution in [1.29, 1.82) is 0 Å². The van der Waals surface area contributed by atoms with E-state index in [4.69, 9.17) is 5.73 Å². The van der Waals surface area contributed by atoms with Crippen molar-refractivity contribution in [2.24, 2.45) is 17.6 Å². The number of Topliss-reactive ketones (excluding diaryl/α,β-unsaturated/α-hetero) is 2. The third-order valence-corrected chi connectivity index (χ3v) is 6.68. The van der Waals surface area contributed by atoms with Gasteiger partial charge < -0.3 is 21.1 Å². The second kappa shape index (κ2) is 6.97. The molecule has 0 bridgehead atoms. The van der Waals surface area contributed by atoms with E-state index in [1.807, 2.05) is 0 Å². The Labute approximate surface area is 181 Å². The topological polar surface area (TPSA) is 184 Å². The molecule has 168 valence electrons. The summed E-state index contributed by atoms with van der Waals surface area (Å²) in [6.07, 6.45) is -0.0382. The van der Waals surface area contributed by atoms with Gasteiger partial charge in [0.05, 0.1) is 11.0 Å². The lowest BCUT2D eigenvalue weighted by Crippen LogP contribution is -2.65. The van der Waals surface area contributed by atoms with E-state index in [9.17, 15) is 39.8 Å². The van der Waals surface area contributed by atoms with Crippen molar-refractivity contribution in [1.82, 2.24) is 4.90 Å². The highest BCUT2D eigenvalue weighted by Gasteiger charge is 2.64. The summed E-state index contributed by atoms with van der Waals surface area (Å²) in [6.45, 7) is 0. The molecule has 11 nitrogen and oxygen atoms in total. The van der Waals surface area contributed by atoms with Gasteiger partial charge in [-0.2, -0.15) is 0 Å². The van der Waals surface area contributed by atoms with Crippen LogP contribution in [0.2, 0.25) is 0 Å². The number of carbonyl (C=O) groups excluding carboxylic acids is 3. The molecule has 1 aromatic carbocycles. The Morgan fingerprint density at radius 1 is 1.28 bits per heavy atom. The summed E-state index contributed by atoms with van der Waals surface area (Å²) in [5, 5.41) is 44.5. The predicted octanol–water partition coefficient (Wildman–Crippen LogP) is 0.167. The maximum atomic E-state index is 13.5. The van der Waals surface area contributed by atoms with Gasteiger partial charge in [-0.15, -0.1) is 0 Å². The lowest BCUT2D eigenvalue weighted by atomic mass is 9.57. The first-order chi connectivity index (χ1) is 14.9. The van der Waals surface area contributed by atoms with E-state index in [1.54, 1.807) is 0 Å². The van der Waals surface area contributed by atoms with Gasteiger partial charge in [0.25, 0.3) is 11.6 Å². The first-order valence-electron chi connectivity index (χ1n) is 9.83. The number of nitrogens with zero attached hydrogens (tertiary/aromatic N) is 2. The largest absolute Gasteiger partial charge is 0.508 e. The van der Waals surface area contributed by atoms with Gasteiger partial charge in [-0.1, -0.05) is 12.1 Å².